The van der Waals surface area contributed by atoms with E-state index in [2.05, 4.69) is 13.0 Å². The first kappa shape index (κ1) is 12.1. The van der Waals surface area contributed by atoms with Crippen molar-refractivity contribution < 1.29 is 9.84 Å². The van der Waals surface area contributed by atoms with E-state index in [4.69, 9.17) is 4.74 Å². The molecule has 0 spiro atoms. The summed E-state index contributed by atoms with van der Waals surface area (Å²) in [6.07, 6.45) is 0.568. The molecular weight excluding hydrogens is 188 g/mol. The van der Waals surface area contributed by atoms with Gasteiger partial charge in [-0.05, 0) is 37.8 Å². The fraction of sp³-hybridized carbons (Fsp3) is 0.538. The third-order valence-electron chi connectivity index (χ3n) is 2.80. The van der Waals surface area contributed by atoms with Crippen LogP contribution in [0.25, 0.3) is 0 Å². The summed E-state index contributed by atoms with van der Waals surface area (Å²) in [5.74, 6) is 1.16. The fourth-order valence-corrected chi connectivity index (χ4v) is 1.58. The van der Waals surface area contributed by atoms with Gasteiger partial charge in [0.05, 0.1) is 13.2 Å². The van der Waals surface area contributed by atoms with E-state index in [0.29, 0.717) is 0 Å². The third-order valence-corrected chi connectivity index (χ3v) is 2.80. The first-order valence-corrected chi connectivity index (χ1v) is 5.36. The molecule has 0 aromatic heterocycles. The zero-order valence-corrected chi connectivity index (χ0v) is 9.95. The lowest BCUT2D eigenvalue weighted by Crippen LogP contribution is -2.15. The van der Waals surface area contributed by atoms with Crippen molar-refractivity contribution in [3.63, 3.8) is 0 Å². The van der Waals surface area contributed by atoms with E-state index in [1.807, 2.05) is 26.0 Å². The van der Waals surface area contributed by atoms with Gasteiger partial charge in [0.1, 0.15) is 5.75 Å². The van der Waals surface area contributed by atoms with Gasteiger partial charge in [-0.2, -0.15) is 0 Å². The summed E-state index contributed by atoms with van der Waals surface area (Å²) in [6, 6.07) is 6.15. The number of aliphatic hydroxyl groups is 1. The lowest BCUT2D eigenvalue weighted by molar-refractivity contribution is 0.134. The summed E-state index contributed by atoms with van der Waals surface area (Å²) in [7, 11) is 1.68. The van der Waals surface area contributed by atoms with Gasteiger partial charge < -0.3 is 9.84 Å². The van der Waals surface area contributed by atoms with Crippen LogP contribution >= 0.6 is 0 Å². The lowest BCUT2D eigenvalue weighted by Gasteiger charge is -2.16. The number of aliphatic hydroxyl groups excluding tert-OH is 1. The fourth-order valence-electron chi connectivity index (χ4n) is 1.58. The molecule has 2 heteroatoms. The molecule has 0 aliphatic heterocycles. The molecule has 2 atom stereocenters. The Morgan fingerprint density at radius 2 is 2.00 bits per heavy atom. The summed E-state index contributed by atoms with van der Waals surface area (Å²) >= 11 is 0. The lowest BCUT2D eigenvalue weighted by atomic mass is 9.95. The first-order chi connectivity index (χ1) is 7.04. The molecule has 2 nitrogen and oxygen atoms in total. The molecule has 0 fully saturated rings. The normalized spacial score (nSPS) is 14.7. The van der Waals surface area contributed by atoms with E-state index < -0.39 is 0 Å². The Morgan fingerprint density at radius 1 is 1.33 bits per heavy atom. The predicted molar refractivity (Wildman–Crippen MR) is 62.3 cm³/mol. The number of hydrogen-bond acceptors (Lipinski definition) is 2. The number of aryl methyl sites for hydroxylation is 1. The van der Waals surface area contributed by atoms with Crippen molar-refractivity contribution in [1.29, 1.82) is 0 Å². The quantitative estimate of drug-likeness (QED) is 0.824. The highest BCUT2D eigenvalue weighted by Gasteiger charge is 2.12. The Kier molecular flexibility index (Phi) is 4.15. The van der Waals surface area contributed by atoms with Gasteiger partial charge in [-0.1, -0.05) is 24.6 Å². The zero-order valence-electron chi connectivity index (χ0n) is 9.95. The molecule has 15 heavy (non-hydrogen) atoms. The van der Waals surface area contributed by atoms with Gasteiger partial charge in [0.15, 0.2) is 0 Å². The number of rotatable bonds is 4. The molecule has 0 aliphatic rings. The largest absolute Gasteiger partial charge is 0.496 e. The Bertz CT molecular complexity index is 318. The van der Waals surface area contributed by atoms with Crippen LogP contribution in [-0.2, 0) is 6.42 Å². The molecule has 1 aromatic carbocycles. The van der Waals surface area contributed by atoms with E-state index in [1.54, 1.807) is 7.11 Å². The zero-order chi connectivity index (χ0) is 11.4. The highest BCUT2D eigenvalue weighted by atomic mass is 16.5. The topological polar surface area (TPSA) is 29.5 Å². The molecule has 0 bridgehead atoms. The summed E-state index contributed by atoms with van der Waals surface area (Å²) in [6.45, 7) is 5.94. The third kappa shape index (κ3) is 3.24. The maximum Gasteiger partial charge on any atom is 0.122 e. The van der Waals surface area contributed by atoms with Crippen molar-refractivity contribution in [2.24, 2.45) is 5.92 Å². The second-order valence-electron chi connectivity index (χ2n) is 4.24. The van der Waals surface area contributed by atoms with Crippen LogP contribution < -0.4 is 4.74 Å². The molecule has 0 saturated heterocycles. The van der Waals surface area contributed by atoms with E-state index >= 15 is 0 Å². The van der Waals surface area contributed by atoms with Gasteiger partial charge in [0.2, 0.25) is 0 Å². The first-order valence-electron chi connectivity index (χ1n) is 5.36. The van der Waals surface area contributed by atoms with Crippen LogP contribution in [0, 0.1) is 12.8 Å². The molecule has 2 unspecified atom stereocenters. The molecule has 0 radical (unpaired) electrons. The second-order valence-corrected chi connectivity index (χ2v) is 4.24. The molecule has 0 amide bonds. The van der Waals surface area contributed by atoms with Crippen molar-refractivity contribution in [1.82, 2.24) is 0 Å². The molecule has 84 valence electrons. The van der Waals surface area contributed by atoms with Crippen LogP contribution in [0.4, 0.5) is 0 Å². The number of ether oxygens (including phenoxy) is 1. The van der Waals surface area contributed by atoms with E-state index in [9.17, 15) is 5.11 Å². The van der Waals surface area contributed by atoms with Gasteiger partial charge in [-0.25, -0.2) is 0 Å². The Labute approximate surface area is 91.9 Å². The monoisotopic (exact) mass is 208 g/mol. The minimum Gasteiger partial charge on any atom is -0.496 e. The van der Waals surface area contributed by atoms with Gasteiger partial charge in [-0.3, -0.25) is 0 Å². The average Bonchev–Trinajstić information content (AvgIpc) is 2.18. The summed E-state index contributed by atoms with van der Waals surface area (Å²) in [5.41, 5.74) is 2.40. The highest BCUT2D eigenvalue weighted by molar-refractivity contribution is 5.37. The molecule has 0 saturated carbocycles. The molecular formula is C13H20O2. The molecule has 0 aliphatic carbocycles. The van der Waals surface area contributed by atoms with E-state index in [-0.39, 0.29) is 12.0 Å². The van der Waals surface area contributed by atoms with Crippen LogP contribution in [-0.4, -0.2) is 18.3 Å². The van der Waals surface area contributed by atoms with Crippen LogP contribution in [0.1, 0.15) is 25.0 Å². The maximum absolute atomic E-state index is 9.47. The number of benzene rings is 1. The predicted octanol–water partition coefficient (Wildman–Crippen LogP) is 2.56. The van der Waals surface area contributed by atoms with Gasteiger partial charge in [0, 0.05) is 0 Å². The highest BCUT2D eigenvalue weighted by Crippen LogP contribution is 2.23. The van der Waals surface area contributed by atoms with E-state index in [0.717, 1.165) is 12.2 Å². The Hall–Kier alpha value is -1.02. The number of hydrogen-bond donors (Lipinski definition) is 1. The van der Waals surface area contributed by atoms with Gasteiger partial charge >= 0.3 is 0 Å². The smallest absolute Gasteiger partial charge is 0.122 e. The minimum absolute atomic E-state index is 0.251. The number of methoxy groups -OCH3 is 1. The maximum atomic E-state index is 9.47. The SMILES string of the molecule is COc1ccc(C)cc1CC(C)C(C)O. The molecule has 0 heterocycles. The Morgan fingerprint density at radius 3 is 2.53 bits per heavy atom. The van der Waals surface area contributed by atoms with E-state index in [1.165, 1.54) is 11.1 Å². The minimum atomic E-state index is -0.282. The summed E-state index contributed by atoms with van der Waals surface area (Å²) in [5, 5.41) is 9.47. The average molecular weight is 208 g/mol. The van der Waals surface area contributed by atoms with Crippen molar-refractivity contribution in [2.45, 2.75) is 33.3 Å². The summed E-state index contributed by atoms with van der Waals surface area (Å²) < 4.78 is 5.30. The van der Waals surface area contributed by atoms with Crippen molar-refractivity contribution in [3.8, 4) is 5.75 Å². The Balaban J connectivity index is 2.87. The van der Waals surface area contributed by atoms with Crippen LogP contribution in [0.5, 0.6) is 5.75 Å². The molecule has 1 rings (SSSR count). The standard InChI is InChI=1S/C13H20O2/c1-9-5-6-13(15-4)12(7-9)8-10(2)11(3)14/h5-7,10-11,14H,8H2,1-4H3. The molecule has 1 N–H and O–H groups in total. The van der Waals surface area contributed by atoms with Crippen LogP contribution in [0.3, 0.4) is 0 Å². The van der Waals surface area contributed by atoms with Crippen LogP contribution in [0.15, 0.2) is 18.2 Å². The van der Waals surface area contributed by atoms with Gasteiger partial charge in [0.25, 0.3) is 0 Å². The second kappa shape index (κ2) is 5.17. The van der Waals surface area contributed by atoms with Crippen molar-refractivity contribution in [2.75, 3.05) is 7.11 Å². The molecule has 1 aromatic rings. The van der Waals surface area contributed by atoms with Crippen LogP contribution in [0.2, 0.25) is 0 Å². The van der Waals surface area contributed by atoms with Crippen molar-refractivity contribution in [3.05, 3.63) is 29.3 Å². The van der Waals surface area contributed by atoms with Crippen molar-refractivity contribution >= 4 is 0 Å². The van der Waals surface area contributed by atoms with Gasteiger partial charge in [-0.15, -0.1) is 0 Å². The summed E-state index contributed by atoms with van der Waals surface area (Å²) in [4.78, 5) is 0.